The van der Waals surface area contributed by atoms with Gasteiger partial charge in [-0.15, -0.1) is 0 Å². The van der Waals surface area contributed by atoms with Crippen molar-refractivity contribution in [2.45, 2.75) is 72.1 Å². The van der Waals surface area contributed by atoms with Gasteiger partial charge < -0.3 is 5.11 Å². The van der Waals surface area contributed by atoms with Crippen LogP contribution in [0.25, 0.3) is 11.1 Å². The van der Waals surface area contributed by atoms with E-state index < -0.39 is 0 Å². The van der Waals surface area contributed by atoms with E-state index in [1.54, 1.807) is 0 Å². The van der Waals surface area contributed by atoms with Crippen LogP contribution in [0, 0.1) is 19.4 Å². The van der Waals surface area contributed by atoms with Gasteiger partial charge in [0.2, 0.25) is 0 Å². The van der Waals surface area contributed by atoms with E-state index in [4.69, 9.17) is 5.53 Å². The van der Waals surface area contributed by atoms with Crippen molar-refractivity contribution in [2.75, 3.05) is 0 Å². The molecule has 0 spiro atoms. The normalized spacial score (nSPS) is 13.2. The second-order valence-corrected chi connectivity index (χ2v) is 11.5. The minimum absolute atomic E-state index is 0.103. The van der Waals surface area contributed by atoms with Crippen molar-refractivity contribution in [3.63, 3.8) is 0 Å². The van der Waals surface area contributed by atoms with Crippen molar-refractivity contribution < 1.29 is 20.8 Å². The first-order chi connectivity index (χ1) is 26.7. The Hall–Kier alpha value is -6.76. The molecule has 0 aliphatic carbocycles. The van der Waals surface area contributed by atoms with Crippen molar-refractivity contribution in [1.82, 2.24) is 0 Å². The van der Waals surface area contributed by atoms with Crippen LogP contribution in [0.4, 0.5) is 0 Å². The van der Waals surface area contributed by atoms with E-state index in [-0.39, 0.29) is 5.41 Å². The Labute approximate surface area is 322 Å². The summed E-state index contributed by atoms with van der Waals surface area (Å²) in [7, 11) is 1.01. The molecule has 2 rings (SSSR count). The van der Waals surface area contributed by atoms with Crippen molar-refractivity contribution in [1.29, 1.82) is 5.53 Å². The molecule has 55 heavy (non-hydrogen) atoms. The summed E-state index contributed by atoms with van der Waals surface area (Å²) in [5.74, 6) is 0.388. The number of aryl methyl sites for hydroxylation is 2. The number of phenolic OH excluding ortho intramolecular Hbond substituents is 1. The minimum atomic E-state index is 0.103. The predicted molar refractivity (Wildman–Crippen MR) is 183 cm³/mol. The van der Waals surface area contributed by atoms with E-state index in [0.29, 0.717) is 5.75 Å². The summed E-state index contributed by atoms with van der Waals surface area (Å²) in [6.07, 6.45) is 6.29. The zero-order valence-corrected chi connectivity index (χ0v) is 32.0. The van der Waals surface area contributed by atoms with Crippen LogP contribution in [0.2, 0.25) is 0 Å². The Morgan fingerprint density at radius 2 is 0.964 bits per heavy atom. The van der Waals surface area contributed by atoms with E-state index in [2.05, 4.69) is 226 Å². The number of rotatable bonds is 21. The Balaban J connectivity index is 0.000000566. The number of nitrogens with zero attached hydrogens (tertiary/aromatic N) is 28. The maximum absolute atomic E-state index is 10.6. The quantitative estimate of drug-likeness (QED) is 0.0692. The van der Waals surface area contributed by atoms with Crippen molar-refractivity contribution in [3.05, 3.63) is 53.1 Å². The third-order valence-electron chi connectivity index (χ3n) is 6.08. The summed E-state index contributed by atoms with van der Waals surface area (Å²) in [4.78, 5) is 0. The second-order valence-electron chi connectivity index (χ2n) is 10.4. The molecule has 2 N–H and O–H groups in total. The molecule has 0 aliphatic rings. The van der Waals surface area contributed by atoms with Crippen molar-refractivity contribution in [2.24, 2.45) is 145 Å². The summed E-state index contributed by atoms with van der Waals surface area (Å²) in [6, 6.07) is 12.7. The molecule has 0 aliphatic heterocycles. The molecule has 0 atom stereocenters. The van der Waals surface area contributed by atoms with Gasteiger partial charge in [0, 0.05) is 52.6 Å². The van der Waals surface area contributed by atoms with E-state index in [1.165, 1.54) is 42.4 Å². The van der Waals surface area contributed by atoms with Gasteiger partial charge >= 0.3 is 81.6 Å². The average molecular weight is 815 g/mol. The molecule has 0 saturated carbocycles. The summed E-state index contributed by atoms with van der Waals surface area (Å²) in [5, 5.41) is 91.0. The third-order valence-corrected chi connectivity index (χ3v) is 6.57. The number of aromatic hydroxyl groups is 1. The van der Waals surface area contributed by atoms with Gasteiger partial charge in [0.1, 0.15) is 5.75 Å². The zero-order chi connectivity index (χ0) is 40.2. The number of phenols is 1. The maximum atomic E-state index is 10.6. The fourth-order valence-corrected chi connectivity index (χ4v) is 4.17. The zero-order valence-electron chi connectivity index (χ0n) is 29.8. The Bertz CT molecular complexity index is 1890. The van der Waals surface area contributed by atoms with Crippen molar-refractivity contribution in [3.8, 4) is 16.9 Å². The van der Waals surface area contributed by atoms with Gasteiger partial charge in [0.25, 0.3) is 0 Å². The van der Waals surface area contributed by atoms with Gasteiger partial charge in [-0.05, 0) is 84.7 Å². The molecule has 0 bridgehead atoms. The molecule has 2 aromatic rings. The van der Waals surface area contributed by atoms with E-state index >= 15 is 0 Å². The van der Waals surface area contributed by atoms with Gasteiger partial charge in [-0.1, -0.05) is 87.9 Å². The van der Waals surface area contributed by atoms with Crippen LogP contribution in [-0.4, -0.2) is 5.11 Å². The monoisotopic (exact) mass is 814 g/mol. The molecule has 2 aromatic carbocycles. The van der Waals surface area contributed by atoms with Gasteiger partial charge in [-0.25, -0.2) is 0 Å². The second kappa shape index (κ2) is 30.8. The van der Waals surface area contributed by atoms with Crippen LogP contribution in [-0.2, 0) is 30.4 Å². The summed E-state index contributed by atoms with van der Waals surface area (Å²) in [5.41, 5.74) is 12.0. The first kappa shape index (κ1) is 46.3. The van der Waals surface area contributed by atoms with Gasteiger partial charge in [0.15, 0.2) is 0 Å². The van der Waals surface area contributed by atoms with E-state index in [1.807, 2.05) is 6.07 Å². The number of hydrogen-bond acceptors (Lipinski definition) is 2. The van der Waals surface area contributed by atoms with Crippen LogP contribution in [0.5, 0.6) is 5.75 Å². The van der Waals surface area contributed by atoms with Gasteiger partial charge in [-0.2, -0.15) is 5.53 Å². The van der Waals surface area contributed by atoms with Crippen LogP contribution >= 0.6 is 0 Å². The fraction of sp³-hybridized carbons (Fsp3) is 0.478. The molecule has 0 fully saturated rings. The van der Waals surface area contributed by atoms with Crippen LogP contribution in [0.15, 0.2) is 182 Å². The molecule has 287 valence electrons. The summed E-state index contributed by atoms with van der Waals surface area (Å²) >= 11 is 2.08. The molecule has 0 amide bonds. The molecule has 30 nitrogen and oxygen atoms in total. The number of hydrogen-bond donors (Lipinski definition) is 2. The van der Waals surface area contributed by atoms with Crippen LogP contribution in [0.1, 0.15) is 69.6 Å². The molecular weight excluding hydrogens is 781 g/mol. The number of nitrogens with one attached hydrogen (secondary N) is 1. The Morgan fingerprint density at radius 1 is 0.564 bits per heavy atom. The molecule has 0 heterocycles. The molecule has 32 heteroatoms. The summed E-state index contributed by atoms with van der Waals surface area (Å²) < 4.78 is 3.37. The molecule has 0 aromatic heterocycles. The molecular formula is C23H33N29OSV. The third kappa shape index (κ3) is 24.2. The number of benzene rings is 2. The Kier molecular flexibility index (Phi) is 25.9. The summed E-state index contributed by atoms with van der Waals surface area (Å²) in [6.45, 7) is 11.0. The molecule has 0 saturated heterocycles. The first-order valence-electron chi connectivity index (χ1n) is 15.2. The standard InChI is InChI=1S/C23H32O.HN29S.V/c1-6-7-8-9-12-23(4,5)20-10-11-21(22(24)16-20)19-14-17(2)13-18(3)15-19;1-2-3-4-5-6-7-8-9-10-11-12-13-14-15-16-17-18-19-20-21-22-23-24-25-26-27-28-29-30;/h10-11,13-16,24H,6-9,12H2,1-5H3;1H;/b;2-1?,4-3+,6-5+,8-7+,10-9+,12-11+,14-13+,16-15+,18-17+,20-19+,22-21+,24-23+,26-25+,28-27+;. The molecule has 0 unspecified atom stereocenters. The van der Waals surface area contributed by atoms with Crippen LogP contribution < -0.4 is 0 Å². The fourth-order valence-electron chi connectivity index (χ4n) is 3.95. The van der Waals surface area contributed by atoms with Gasteiger partial charge in [-0.3, -0.25) is 0 Å². The van der Waals surface area contributed by atoms with E-state index in [9.17, 15) is 5.11 Å². The number of unbranched alkanes of at least 4 members (excludes halogenated alkanes) is 3. The SMILES string of the molecule is CCCCCCC(C)(C)c1ccc(-c2cc(C)cc(C)c2)c(O)c1.N=N/N=N/N=N/N=N/N=N/N=N/N=N/N=N/N=N/N=N/N=N/N=N/N=N/N=N/N=[S]=[V]. The van der Waals surface area contributed by atoms with E-state index in [0.717, 1.165) is 26.8 Å². The van der Waals surface area contributed by atoms with Crippen molar-refractivity contribution >= 4 is 9.21 Å². The predicted octanol–water partition coefficient (Wildman–Crippen LogP) is 12.4. The van der Waals surface area contributed by atoms with Crippen LogP contribution in [0.3, 0.4) is 0 Å². The first-order valence-corrected chi connectivity index (χ1v) is 17.7. The molecule has 0 radical (unpaired) electrons. The Morgan fingerprint density at radius 3 is 1.33 bits per heavy atom. The topological polar surface area (TPSA) is 390 Å². The van der Waals surface area contributed by atoms with Gasteiger partial charge in [0.05, 0.1) is 0 Å². The average Bonchev–Trinajstić information content (AvgIpc) is 3.16.